The third-order valence-corrected chi connectivity index (χ3v) is 4.20. The van der Waals surface area contributed by atoms with Crippen molar-refractivity contribution in [2.45, 2.75) is 4.90 Å². The lowest BCUT2D eigenvalue weighted by atomic mass is 10.3. The lowest BCUT2D eigenvalue weighted by Crippen LogP contribution is -2.47. The van der Waals surface area contributed by atoms with Gasteiger partial charge in [0, 0.05) is 31.1 Å². The Morgan fingerprint density at radius 2 is 2.21 bits per heavy atom. The van der Waals surface area contributed by atoms with E-state index in [1.54, 1.807) is 18.1 Å². The summed E-state index contributed by atoms with van der Waals surface area (Å²) in [5.41, 5.74) is 1.97. The van der Waals surface area contributed by atoms with Crippen LogP contribution in [0.4, 0.5) is 0 Å². The highest BCUT2D eigenvalue weighted by Gasteiger charge is 2.16. The van der Waals surface area contributed by atoms with Crippen molar-refractivity contribution in [1.82, 2.24) is 20.2 Å². The maximum absolute atomic E-state index is 12.0. The van der Waals surface area contributed by atoms with E-state index < -0.39 is 0 Å². The summed E-state index contributed by atoms with van der Waals surface area (Å²) in [5.74, 6) is 0.718. The summed E-state index contributed by atoms with van der Waals surface area (Å²) in [4.78, 5) is 22.3. The van der Waals surface area contributed by atoms with Crippen molar-refractivity contribution in [3.05, 3.63) is 24.5 Å². The number of carbonyl (C=O) groups is 1. The van der Waals surface area contributed by atoms with Crippen LogP contribution in [0.15, 0.2) is 29.4 Å². The number of nitrogens with zero attached hydrogens (tertiary/aromatic N) is 2. The molecule has 0 unspecified atom stereocenters. The van der Waals surface area contributed by atoms with Gasteiger partial charge in [0.2, 0.25) is 5.91 Å². The van der Waals surface area contributed by atoms with Gasteiger partial charge < -0.3 is 15.2 Å². The van der Waals surface area contributed by atoms with E-state index in [1.165, 1.54) is 0 Å². The Morgan fingerprint density at radius 1 is 1.37 bits per heavy atom. The van der Waals surface area contributed by atoms with Crippen molar-refractivity contribution in [3.63, 3.8) is 0 Å². The van der Waals surface area contributed by atoms with Crippen LogP contribution in [0.5, 0.6) is 0 Å². The fourth-order valence-corrected chi connectivity index (χ4v) is 2.99. The molecule has 2 aromatic rings. The number of amides is 1. The number of benzene rings is 1. The van der Waals surface area contributed by atoms with E-state index in [1.807, 2.05) is 23.1 Å². The van der Waals surface area contributed by atoms with E-state index >= 15 is 0 Å². The molecule has 19 heavy (non-hydrogen) atoms. The van der Waals surface area contributed by atoms with Crippen molar-refractivity contribution in [2.24, 2.45) is 0 Å². The first kappa shape index (κ1) is 12.5. The number of aromatic nitrogens is 2. The molecule has 3 rings (SSSR count). The van der Waals surface area contributed by atoms with Crippen LogP contribution in [0.25, 0.3) is 11.0 Å². The molecule has 0 atom stereocenters. The maximum Gasteiger partial charge on any atom is 0.233 e. The maximum atomic E-state index is 12.0. The van der Waals surface area contributed by atoms with Gasteiger partial charge in [0.05, 0.1) is 23.1 Å². The van der Waals surface area contributed by atoms with Gasteiger partial charge in [-0.2, -0.15) is 0 Å². The lowest BCUT2D eigenvalue weighted by molar-refractivity contribution is -0.128. The first-order valence-corrected chi connectivity index (χ1v) is 7.36. The number of imidazole rings is 1. The van der Waals surface area contributed by atoms with E-state index in [0.717, 1.165) is 42.1 Å². The second-order valence-electron chi connectivity index (χ2n) is 4.50. The van der Waals surface area contributed by atoms with Crippen LogP contribution in [0.3, 0.4) is 0 Å². The third kappa shape index (κ3) is 2.90. The van der Waals surface area contributed by atoms with Gasteiger partial charge in [-0.25, -0.2) is 4.98 Å². The summed E-state index contributed by atoms with van der Waals surface area (Å²) in [6.07, 6.45) is 1.69. The molecule has 1 aromatic heterocycles. The quantitative estimate of drug-likeness (QED) is 0.824. The number of aromatic amines is 1. The Hall–Kier alpha value is -1.53. The predicted molar refractivity (Wildman–Crippen MR) is 76.3 cm³/mol. The molecule has 2 heterocycles. The summed E-state index contributed by atoms with van der Waals surface area (Å²) in [5, 5.41) is 3.25. The molecule has 2 N–H and O–H groups in total. The summed E-state index contributed by atoms with van der Waals surface area (Å²) in [7, 11) is 0. The molecule has 0 saturated carbocycles. The van der Waals surface area contributed by atoms with Crippen molar-refractivity contribution in [3.8, 4) is 0 Å². The fourth-order valence-electron chi connectivity index (χ4n) is 2.16. The molecule has 0 radical (unpaired) electrons. The van der Waals surface area contributed by atoms with Gasteiger partial charge in [-0.1, -0.05) is 0 Å². The molecule has 100 valence electrons. The van der Waals surface area contributed by atoms with Crippen LogP contribution < -0.4 is 5.32 Å². The highest BCUT2D eigenvalue weighted by Crippen LogP contribution is 2.22. The number of fused-ring (bicyclic) bond motifs is 1. The standard InChI is InChI=1S/C13H16N4OS/c18-13(17-5-3-14-4-6-17)8-19-10-1-2-11-12(7-10)16-9-15-11/h1-2,7,9,14H,3-6,8H2,(H,15,16). The van der Waals surface area contributed by atoms with Crippen LogP contribution in [-0.2, 0) is 4.79 Å². The highest BCUT2D eigenvalue weighted by molar-refractivity contribution is 8.00. The van der Waals surface area contributed by atoms with Gasteiger partial charge in [-0.05, 0) is 18.2 Å². The number of hydrogen-bond donors (Lipinski definition) is 2. The molecule has 0 aliphatic carbocycles. The third-order valence-electron chi connectivity index (χ3n) is 3.22. The molecule has 1 fully saturated rings. The first-order valence-electron chi connectivity index (χ1n) is 6.37. The Bertz CT molecular complexity index is 577. The molecule has 1 amide bonds. The predicted octanol–water partition coefficient (Wildman–Crippen LogP) is 1.09. The summed E-state index contributed by atoms with van der Waals surface area (Å²) in [6.45, 7) is 3.44. The fraction of sp³-hybridized carbons (Fsp3) is 0.385. The number of thioether (sulfide) groups is 1. The van der Waals surface area contributed by atoms with Crippen LogP contribution in [-0.4, -0.2) is 52.7 Å². The molecule has 1 aliphatic rings. The number of piperazine rings is 1. The van der Waals surface area contributed by atoms with E-state index in [4.69, 9.17) is 0 Å². The normalized spacial score (nSPS) is 15.9. The second-order valence-corrected chi connectivity index (χ2v) is 5.55. The topological polar surface area (TPSA) is 61.0 Å². The minimum atomic E-state index is 0.219. The zero-order chi connectivity index (χ0) is 13.1. The smallest absolute Gasteiger partial charge is 0.233 e. The number of rotatable bonds is 3. The minimum Gasteiger partial charge on any atom is -0.345 e. The molecule has 1 aromatic carbocycles. The number of hydrogen-bond acceptors (Lipinski definition) is 4. The van der Waals surface area contributed by atoms with E-state index in [9.17, 15) is 4.79 Å². The van der Waals surface area contributed by atoms with Gasteiger partial charge in [-0.15, -0.1) is 11.8 Å². The van der Waals surface area contributed by atoms with E-state index in [2.05, 4.69) is 15.3 Å². The Morgan fingerprint density at radius 3 is 3.05 bits per heavy atom. The monoisotopic (exact) mass is 276 g/mol. The lowest BCUT2D eigenvalue weighted by Gasteiger charge is -2.27. The van der Waals surface area contributed by atoms with Crippen LogP contribution in [0, 0.1) is 0 Å². The minimum absolute atomic E-state index is 0.219. The van der Waals surface area contributed by atoms with Gasteiger partial charge in [0.25, 0.3) is 0 Å². The van der Waals surface area contributed by atoms with Crippen LogP contribution in [0.2, 0.25) is 0 Å². The SMILES string of the molecule is O=C(CSc1ccc2nc[nH]c2c1)N1CCNCC1. The zero-order valence-corrected chi connectivity index (χ0v) is 11.4. The molecule has 6 heteroatoms. The van der Waals surface area contributed by atoms with E-state index in [-0.39, 0.29) is 5.91 Å². The largest absolute Gasteiger partial charge is 0.345 e. The summed E-state index contributed by atoms with van der Waals surface area (Å²) in [6, 6.07) is 6.03. The summed E-state index contributed by atoms with van der Waals surface area (Å²) < 4.78 is 0. The highest BCUT2D eigenvalue weighted by atomic mass is 32.2. The molecule has 0 bridgehead atoms. The molecule has 1 aliphatic heterocycles. The van der Waals surface area contributed by atoms with Gasteiger partial charge in [0.1, 0.15) is 0 Å². The van der Waals surface area contributed by atoms with Gasteiger partial charge in [0.15, 0.2) is 0 Å². The zero-order valence-electron chi connectivity index (χ0n) is 10.6. The van der Waals surface area contributed by atoms with Crippen LogP contribution in [0.1, 0.15) is 0 Å². The Balaban J connectivity index is 1.60. The molecular weight excluding hydrogens is 260 g/mol. The van der Waals surface area contributed by atoms with Gasteiger partial charge in [-0.3, -0.25) is 4.79 Å². The molecule has 0 spiro atoms. The number of carbonyl (C=O) groups excluding carboxylic acids is 1. The van der Waals surface area contributed by atoms with Crippen molar-refractivity contribution >= 4 is 28.7 Å². The molecule has 5 nitrogen and oxygen atoms in total. The summed E-state index contributed by atoms with van der Waals surface area (Å²) >= 11 is 1.58. The van der Waals surface area contributed by atoms with Crippen molar-refractivity contribution in [1.29, 1.82) is 0 Å². The Kier molecular flexibility index (Phi) is 3.70. The van der Waals surface area contributed by atoms with Gasteiger partial charge >= 0.3 is 0 Å². The number of nitrogens with one attached hydrogen (secondary N) is 2. The average molecular weight is 276 g/mol. The average Bonchev–Trinajstić information content (AvgIpc) is 2.93. The Labute approximate surface area is 115 Å². The first-order chi connectivity index (χ1) is 9.33. The van der Waals surface area contributed by atoms with E-state index in [0.29, 0.717) is 5.75 Å². The second kappa shape index (κ2) is 5.63. The molecule has 1 saturated heterocycles. The van der Waals surface area contributed by atoms with Crippen molar-refractivity contribution in [2.75, 3.05) is 31.9 Å². The van der Waals surface area contributed by atoms with Crippen molar-refractivity contribution < 1.29 is 4.79 Å². The van der Waals surface area contributed by atoms with Crippen LogP contribution >= 0.6 is 11.8 Å². The number of H-pyrrole nitrogens is 1. The molecular formula is C13H16N4OS.